The molecule has 0 aromatic carbocycles. The van der Waals surface area contributed by atoms with Gasteiger partial charge in [0.15, 0.2) is 6.10 Å². The molecule has 0 bridgehead atoms. The van der Waals surface area contributed by atoms with Gasteiger partial charge in [0.2, 0.25) is 0 Å². The minimum atomic E-state index is -0.792. The van der Waals surface area contributed by atoms with E-state index < -0.39 is 6.10 Å². The number of ether oxygens (including phenoxy) is 3. The van der Waals surface area contributed by atoms with E-state index in [9.17, 15) is 14.4 Å². The van der Waals surface area contributed by atoms with Crippen LogP contribution in [0.2, 0.25) is 0 Å². The Bertz CT molecular complexity index is 1440. The van der Waals surface area contributed by atoms with E-state index in [0.717, 1.165) is 128 Å². The number of carbonyl (C=O) groups is 3. The highest BCUT2D eigenvalue weighted by atomic mass is 16.6. The summed E-state index contributed by atoms with van der Waals surface area (Å²) < 4.78 is 16.9. The topological polar surface area (TPSA) is 78.9 Å². The second-order valence-corrected chi connectivity index (χ2v) is 20.2. The molecule has 1 unspecified atom stereocenters. The van der Waals surface area contributed by atoms with Crippen molar-refractivity contribution in [3.8, 4) is 0 Å². The van der Waals surface area contributed by atoms with Crippen LogP contribution in [0.15, 0.2) is 97.2 Å². The SMILES string of the molecule is CC/C=C\C/C=C\C/C=C\C/C=C\CCCCCCCCCCCCCCC(=O)OCC(COC(=O)CCCCCCC/C=C\CCCCCCCC)OC(=O)CCCCCCC/C=C\C/C=C\C/C=C\CC. The van der Waals surface area contributed by atoms with E-state index in [1.54, 1.807) is 0 Å². The summed E-state index contributed by atoms with van der Waals surface area (Å²) in [6, 6.07) is 0. The molecule has 0 heterocycles. The van der Waals surface area contributed by atoms with E-state index in [-0.39, 0.29) is 31.1 Å². The lowest BCUT2D eigenvalue weighted by Gasteiger charge is -2.18. The second kappa shape index (κ2) is 60.9. The zero-order valence-electron chi connectivity index (χ0n) is 47.9. The van der Waals surface area contributed by atoms with Crippen LogP contribution in [0.25, 0.3) is 0 Å². The van der Waals surface area contributed by atoms with Gasteiger partial charge in [0.05, 0.1) is 0 Å². The summed E-state index contributed by atoms with van der Waals surface area (Å²) in [4.78, 5) is 38.2. The summed E-state index contributed by atoms with van der Waals surface area (Å²) >= 11 is 0. The normalized spacial score (nSPS) is 12.8. The largest absolute Gasteiger partial charge is 0.462 e. The number of hydrogen-bond acceptors (Lipinski definition) is 6. The molecule has 6 heteroatoms. The first kappa shape index (κ1) is 69.3. The predicted molar refractivity (Wildman–Crippen MR) is 316 cm³/mol. The lowest BCUT2D eigenvalue weighted by atomic mass is 10.0. The van der Waals surface area contributed by atoms with Gasteiger partial charge in [-0.15, -0.1) is 0 Å². The van der Waals surface area contributed by atoms with Gasteiger partial charge in [0.1, 0.15) is 13.2 Å². The Balaban J connectivity index is 4.33. The van der Waals surface area contributed by atoms with Crippen molar-refractivity contribution in [3.05, 3.63) is 97.2 Å². The summed E-state index contributed by atoms with van der Waals surface area (Å²) in [6.45, 7) is 6.41. The van der Waals surface area contributed by atoms with Crippen LogP contribution >= 0.6 is 0 Å². The Morgan fingerprint density at radius 1 is 0.288 bits per heavy atom. The van der Waals surface area contributed by atoms with Crippen molar-refractivity contribution in [3.63, 3.8) is 0 Å². The molecule has 0 saturated heterocycles. The van der Waals surface area contributed by atoms with Crippen molar-refractivity contribution in [1.29, 1.82) is 0 Å². The predicted octanol–water partition coefficient (Wildman–Crippen LogP) is 20.9. The van der Waals surface area contributed by atoms with Crippen molar-refractivity contribution in [2.45, 2.75) is 297 Å². The van der Waals surface area contributed by atoms with E-state index in [1.807, 2.05) is 0 Å². The molecule has 0 aromatic rings. The molecular weight excluding hydrogens is 901 g/mol. The maximum absolute atomic E-state index is 12.9. The molecule has 0 aliphatic rings. The highest BCUT2D eigenvalue weighted by Gasteiger charge is 2.19. The van der Waals surface area contributed by atoms with Crippen molar-refractivity contribution in [2.75, 3.05) is 13.2 Å². The van der Waals surface area contributed by atoms with E-state index in [2.05, 4.69) is 118 Å². The number of allylic oxidation sites excluding steroid dienone is 16. The van der Waals surface area contributed by atoms with Gasteiger partial charge in [-0.1, -0.05) is 253 Å². The van der Waals surface area contributed by atoms with Crippen LogP contribution in [0.4, 0.5) is 0 Å². The average Bonchev–Trinajstić information content (AvgIpc) is 3.39. The highest BCUT2D eigenvalue weighted by molar-refractivity contribution is 5.71. The Kier molecular flexibility index (Phi) is 57.8. The van der Waals surface area contributed by atoms with E-state index in [4.69, 9.17) is 14.2 Å². The lowest BCUT2D eigenvalue weighted by molar-refractivity contribution is -0.167. The monoisotopic (exact) mass is 1010 g/mol. The van der Waals surface area contributed by atoms with Gasteiger partial charge in [-0.25, -0.2) is 0 Å². The fourth-order valence-electron chi connectivity index (χ4n) is 8.50. The third-order valence-corrected chi connectivity index (χ3v) is 13.1. The van der Waals surface area contributed by atoms with Gasteiger partial charge < -0.3 is 14.2 Å². The van der Waals surface area contributed by atoms with Gasteiger partial charge in [0, 0.05) is 19.3 Å². The quantitative estimate of drug-likeness (QED) is 0.0261. The summed E-state index contributed by atoms with van der Waals surface area (Å²) in [5.74, 6) is -0.908. The highest BCUT2D eigenvalue weighted by Crippen LogP contribution is 2.16. The van der Waals surface area contributed by atoms with Crippen LogP contribution in [0.3, 0.4) is 0 Å². The number of esters is 3. The molecular formula is C67H114O6. The van der Waals surface area contributed by atoms with Crippen LogP contribution in [-0.2, 0) is 28.6 Å². The molecule has 0 N–H and O–H groups in total. The number of unbranched alkanes of at least 4 members (excludes halogenated alkanes) is 28. The van der Waals surface area contributed by atoms with Gasteiger partial charge >= 0.3 is 17.9 Å². The Morgan fingerprint density at radius 3 is 0.849 bits per heavy atom. The van der Waals surface area contributed by atoms with Crippen LogP contribution in [0, 0.1) is 0 Å². The third kappa shape index (κ3) is 59.1. The van der Waals surface area contributed by atoms with Gasteiger partial charge in [-0.3, -0.25) is 14.4 Å². The Labute approximate surface area is 451 Å². The summed E-state index contributed by atoms with van der Waals surface area (Å²) in [6.07, 6.45) is 81.2. The van der Waals surface area contributed by atoms with Gasteiger partial charge in [-0.2, -0.15) is 0 Å². The molecule has 0 spiro atoms. The fraction of sp³-hybridized carbons (Fsp3) is 0.716. The lowest BCUT2D eigenvalue weighted by Crippen LogP contribution is -2.30. The molecule has 0 aromatic heterocycles. The maximum Gasteiger partial charge on any atom is 0.306 e. The summed E-state index contributed by atoms with van der Waals surface area (Å²) in [5.41, 5.74) is 0. The summed E-state index contributed by atoms with van der Waals surface area (Å²) in [5, 5.41) is 0. The van der Waals surface area contributed by atoms with Crippen LogP contribution in [-0.4, -0.2) is 37.2 Å². The molecule has 6 nitrogen and oxygen atoms in total. The molecule has 1 atom stereocenters. The molecule has 0 rings (SSSR count). The first-order valence-corrected chi connectivity index (χ1v) is 30.7. The number of rotatable bonds is 55. The second-order valence-electron chi connectivity index (χ2n) is 20.2. The summed E-state index contributed by atoms with van der Waals surface area (Å²) in [7, 11) is 0. The van der Waals surface area contributed by atoms with Crippen molar-refractivity contribution < 1.29 is 28.6 Å². The van der Waals surface area contributed by atoms with Crippen molar-refractivity contribution in [2.24, 2.45) is 0 Å². The zero-order chi connectivity index (χ0) is 52.9. The zero-order valence-corrected chi connectivity index (χ0v) is 47.9. The van der Waals surface area contributed by atoms with E-state index >= 15 is 0 Å². The molecule has 0 aliphatic heterocycles. The third-order valence-electron chi connectivity index (χ3n) is 13.1. The van der Waals surface area contributed by atoms with Crippen LogP contribution < -0.4 is 0 Å². The van der Waals surface area contributed by atoms with Gasteiger partial charge in [0.25, 0.3) is 0 Å². The number of carbonyl (C=O) groups excluding carboxylic acids is 3. The van der Waals surface area contributed by atoms with E-state index in [0.29, 0.717) is 19.3 Å². The molecule has 0 saturated carbocycles. The Hall–Kier alpha value is -3.67. The van der Waals surface area contributed by atoms with E-state index in [1.165, 1.54) is 122 Å². The van der Waals surface area contributed by atoms with Crippen molar-refractivity contribution in [1.82, 2.24) is 0 Å². The van der Waals surface area contributed by atoms with Crippen molar-refractivity contribution >= 4 is 17.9 Å². The first-order chi connectivity index (χ1) is 36.0. The van der Waals surface area contributed by atoms with Gasteiger partial charge in [-0.05, 0) is 116 Å². The molecule has 0 amide bonds. The Morgan fingerprint density at radius 2 is 0.534 bits per heavy atom. The molecule has 0 fully saturated rings. The van der Waals surface area contributed by atoms with Crippen LogP contribution in [0.5, 0.6) is 0 Å². The minimum absolute atomic E-state index is 0.0875. The average molecular weight is 1020 g/mol. The molecule has 0 aliphatic carbocycles. The smallest absolute Gasteiger partial charge is 0.306 e. The standard InChI is InChI=1S/C67H114O6/c1-4-7-10-13-16-19-22-25-28-29-30-31-32-33-34-35-36-37-40-42-45-48-51-54-57-60-66(69)72-63-64(73-67(70)61-58-55-52-49-46-43-39-27-24-21-18-15-12-9-6-3)62-71-65(68)59-56-53-50-47-44-41-38-26-23-20-17-14-11-8-5-2/h7,9-10,12,16,18-19,21,25-28,30-31,38-39,64H,4-6,8,11,13-15,17,20,22-24,29,32-37,40-63H2,1-3H3/b10-7-,12-9-,19-16-,21-18-,28-25-,31-30-,38-26-,39-27-. The molecule has 418 valence electrons. The number of hydrogen-bond donors (Lipinski definition) is 0. The molecule has 0 radical (unpaired) electrons. The first-order valence-electron chi connectivity index (χ1n) is 30.7. The maximum atomic E-state index is 12.9. The fourth-order valence-corrected chi connectivity index (χ4v) is 8.50. The minimum Gasteiger partial charge on any atom is -0.462 e. The van der Waals surface area contributed by atoms with Crippen LogP contribution in [0.1, 0.15) is 290 Å². The molecule has 73 heavy (non-hydrogen) atoms.